The monoisotopic (exact) mass is 131 g/mol. The first kappa shape index (κ1) is 11.3. The molecule has 0 fully saturated rings. The van der Waals surface area contributed by atoms with Gasteiger partial charge in [-0.25, -0.2) is 0 Å². The zero-order valence-electron chi connectivity index (χ0n) is 5.77. The molecule has 0 aromatic heterocycles. The topological polar surface area (TPSA) is 20.3 Å². The molecule has 0 spiro atoms. The molecule has 0 saturated carbocycles. The Morgan fingerprint density at radius 3 is 1.67 bits per heavy atom. The van der Waals surface area contributed by atoms with Gasteiger partial charge in [-0.1, -0.05) is 7.43 Å². The molecule has 0 heterocycles. The normalized spacial score (nSPS) is 7.89. The summed E-state index contributed by atoms with van der Waals surface area (Å²) in [6.07, 6.45) is 0. The maximum Gasteiger partial charge on any atom is 0.219 e. The molecule has 56 valence electrons. The van der Waals surface area contributed by atoms with Crippen LogP contribution in [0, 0.1) is 0 Å². The first-order chi connectivity index (χ1) is 3.72. The molecule has 0 N–H and O–H groups in total. The van der Waals surface area contributed by atoms with Gasteiger partial charge in [-0.3, -0.25) is 4.79 Å². The largest absolute Gasteiger partial charge is 0.343 e. The summed E-state index contributed by atoms with van der Waals surface area (Å²) < 4.78 is 0. The van der Waals surface area contributed by atoms with Crippen molar-refractivity contribution in [3.8, 4) is 0 Å². The van der Waals surface area contributed by atoms with Gasteiger partial charge in [0.25, 0.3) is 0 Å². The van der Waals surface area contributed by atoms with Crippen LogP contribution in [0.5, 0.6) is 0 Å². The number of rotatable bonds is 2. The Morgan fingerprint density at radius 1 is 1.33 bits per heavy atom. The molecule has 9 heavy (non-hydrogen) atoms. The predicted molar refractivity (Wildman–Crippen MR) is 40.3 cm³/mol. The zero-order valence-corrected chi connectivity index (χ0v) is 5.77. The van der Waals surface area contributed by atoms with E-state index >= 15 is 0 Å². The van der Waals surface area contributed by atoms with E-state index in [0.717, 1.165) is 13.1 Å². The molecule has 0 aliphatic rings. The molecule has 1 amide bonds. The van der Waals surface area contributed by atoms with Gasteiger partial charge in [-0.15, -0.1) is 0 Å². The van der Waals surface area contributed by atoms with Crippen LogP contribution in [-0.2, 0) is 4.79 Å². The average Bonchev–Trinajstić information content (AvgIpc) is 1.69. The fourth-order valence-corrected chi connectivity index (χ4v) is 0.669. The van der Waals surface area contributed by atoms with E-state index in [2.05, 4.69) is 0 Å². The predicted octanol–water partition coefficient (Wildman–Crippen LogP) is 1.51. The van der Waals surface area contributed by atoms with Gasteiger partial charge >= 0.3 is 0 Å². The highest BCUT2D eigenvalue weighted by molar-refractivity contribution is 5.73. The summed E-state index contributed by atoms with van der Waals surface area (Å²) in [6, 6.07) is 0. The van der Waals surface area contributed by atoms with Crippen molar-refractivity contribution in [1.29, 1.82) is 0 Å². The summed E-state index contributed by atoms with van der Waals surface area (Å²) in [7, 11) is 0. The quantitative estimate of drug-likeness (QED) is 0.556. The van der Waals surface area contributed by atoms with E-state index in [4.69, 9.17) is 0 Å². The second-order valence-corrected chi connectivity index (χ2v) is 1.69. The number of carbonyl (C=O) groups is 1. The molecule has 0 atom stereocenters. The lowest BCUT2D eigenvalue weighted by Gasteiger charge is -2.14. The summed E-state index contributed by atoms with van der Waals surface area (Å²) in [4.78, 5) is 12.3. The van der Waals surface area contributed by atoms with Crippen molar-refractivity contribution >= 4 is 5.91 Å². The number of amides is 1. The van der Waals surface area contributed by atoms with E-state index in [1.807, 2.05) is 13.8 Å². The van der Waals surface area contributed by atoms with Gasteiger partial charge in [0.05, 0.1) is 0 Å². The van der Waals surface area contributed by atoms with E-state index in [-0.39, 0.29) is 13.3 Å². The number of nitrogens with zero attached hydrogens (tertiary/aromatic N) is 1. The average molecular weight is 131 g/mol. The molecule has 0 saturated heterocycles. The van der Waals surface area contributed by atoms with E-state index in [1.54, 1.807) is 11.8 Å². The van der Waals surface area contributed by atoms with E-state index < -0.39 is 0 Å². The van der Waals surface area contributed by atoms with Gasteiger partial charge < -0.3 is 4.90 Å². The van der Waals surface area contributed by atoms with Crippen molar-refractivity contribution < 1.29 is 4.79 Å². The van der Waals surface area contributed by atoms with Gasteiger partial charge in [0, 0.05) is 20.0 Å². The third-order valence-corrected chi connectivity index (χ3v) is 1.21. The van der Waals surface area contributed by atoms with Gasteiger partial charge in [0.2, 0.25) is 5.91 Å². The molecule has 0 bridgehead atoms. The van der Waals surface area contributed by atoms with Crippen molar-refractivity contribution in [2.24, 2.45) is 0 Å². The van der Waals surface area contributed by atoms with Gasteiger partial charge in [0.15, 0.2) is 0 Å². The Kier molecular flexibility index (Phi) is 7.03. The molecular formula is C7H17NO. The van der Waals surface area contributed by atoms with Crippen LogP contribution in [0.4, 0.5) is 0 Å². The minimum absolute atomic E-state index is 0. The number of hydrogen-bond donors (Lipinski definition) is 0. The molecule has 0 radical (unpaired) electrons. The SMILES string of the molecule is C.CCN(CC)C(C)=O. The first-order valence-corrected chi connectivity index (χ1v) is 2.97. The molecular weight excluding hydrogens is 114 g/mol. The van der Waals surface area contributed by atoms with E-state index in [0.29, 0.717) is 0 Å². The van der Waals surface area contributed by atoms with Crippen LogP contribution >= 0.6 is 0 Å². The lowest BCUT2D eigenvalue weighted by Crippen LogP contribution is -2.27. The minimum Gasteiger partial charge on any atom is -0.343 e. The smallest absolute Gasteiger partial charge is 0.219 e. The van der Waals surface area contributed by atoms with Crippen molar-refractivity contribution in [1.82, 2.24) is 4.90 Å². The number of carbonyl (C=O) groups excluding carboxylic acids is 1. The lowest BCUT2D eigenvalue weighted by atomic mass is 10.5. The van der Waals surface area contributed by atoms with E-state index in [9.17, 15) is 4.79 Å². The van der Waals surface area contributed by atoms with Crippen molar-refractivity contribution in [3.05, 3.63) is 0 Å². The van der Waals surface area contributed by atoms with Crippen LogP contribution in [0.2, 0.25) is 0 Å². The Hall–Kier alpha value is -0.530. The molecule has 2 heteroatoms. The molecule has 0 rings (SSSR count). The highest BCUT2D eigenvalue weighted by atomic mass is 16.2. The van der Waals surface area contributed by atoms with Gasteiger partial charge in [-0.05, 0) is 13.8 Å². The van der Waals surface area contributed by atoms with Gasteiger partial charge in [-0.2, -0.15) is 0 Å². The van der Waals surface area contributed by atoms with Crippen LogP contribution < -0.4 is 0 Å². The lowest BCUT2D eigenvalue weighted by molar-refractivity contribution is -0.128. The minimum atomic E-state index is 0. The summed E-state index contributed by atoms with van der Waals surface area (Å²) in [5.74, 6) is 0.162. The van der Waals surface area contributed by atoms with Crippen LogP contribution in [0.25, 0.3) is 0 Å². The third-order valence-electron chi connectivity index (χ3n) is 1.21. The first-order valence-electron chi connectivity index (χ1n) is 2.97. The van der Waals surface area contributed by atoms with Crippen LogP contribution in [0.3, 0.4) is 0 Å². The fourth-order valence-electron chi connectivity index (χ4n) is 0.669. The van der Waals surface area contributed by atoms with Crippen molar-refractivity contribution in [2.45, 2.75) is 28.2 Å². The zero-order chi connectivity index (χ0) is 6.57. The maximum absolute atomic E-state index is 10.5. The molecule has 0 aromatic carbocycles. The molecule has 0 aliphatic heterocycles. The Bertz CT molecular complexity index is 77.0. The molecule has 0 aromatic rings. The summed E-state index contributed by atoms with van der Waals surface area (Å²) in [5, 5.41) is 0. The molecule has 0 aliphatic carbocycles. The highest BCUT2D eigenvalue weighted by Crippen LogP contribution is 1.84. The fraction of sp³-hybridized carbons (Fsp3) is 0.857. The third kappa shape index (κ3) is 4.01. The highest BCUT2D eigenvalue weighted by Gasteiger charge is 1.99. The Labute approximate surface area is 57.9 Å². The van der Waals surface area contributed by atoms with Crippen LogP contribution in [-0.4, -0.2) is 23.9 Å². The summed E-state index contributed by atoms with van der Waals surface area (Å²) in [6.45, 7) is 7.19. The Balaban J connectivity index is 0. The van der Waals surface area contributed by atoms with Gasteiger partial charge in [0.1, 0.15) is 0 Å². The second-order valence-electron chi connectivity index (χ2n) is 1.69. The second kappa shape index (κ2) is 5.60. The summed E-state index contributed by atoms with van der Waals surface area (Å²) in [5.41, 5.74) is 0. The maximum atomic E-state index is 10.5. The Morgan fingerprint density at radius 2 is 1.67 bits per heavy atom. The van der Waals surface area contributed by atoms with Crippen molar-refractivity contribution in [3.63, 3.8) is 0 Å². The standard InChI is InChI=1S/C6H13NO.CH4/c1-4-7(5-2)6(3)8;/h4-5H2,1-3H3;1H4. The van der Waals surface area contributed by atoms with E-state index in [1.165, 1.54) is 0 Å². The van der Waals surface area contributed by atoms with Crippen molar-refractivity contribution in [2.75, 3.05) is 13.1 Å². The summed E-state index contributed by atoms with van der Waals surface area (Å²) >= 11 is 0. The van der Waals surface area contributed by atoms with Crippen LogP contribution in [0.1, 0.15) is 28.2 Å². The molecule has 0 unspecified atom stereocenters. The number of hydrogen-bond acceptors (Lipinski definition) is 1. The van der Waals surface area contributed by atoms with Crippen LogP contribution in [0.15, 0.2) is 0 Å². The molecule has 2 nitrogen and oxygen atoms in total.